The summed E-state index contributed by atoms with van der Waals surface area (Å²) in [5, 5.41) is 0. The number of anilines is 1. The summed E-state index contributed by atoms with van der Waals surface area (Å²) in [6, 6.07) is 22.0. The standard InChI is InChI=1S/C29H31N3O3/c1-4-34-27-14-8-7-13-25(27)32-19-22(18-28(32)33)29-30-23-11-5-6-12-24(23)31(29)16-17-35-26-15-9-10-20(2)21(26)3/h5-15,22H,4,16-19H2,1-3H3. The smallest absolute Gasteiger partial charge is 0.227 e. The fourth-order valence-corrected chi connectivity index (χ4v) is 4.84. The number of para-hydroxylation sites is 4. The first kappa shape index (κ1) is 23.0. The van der Waals surface area contributed by atoms with Gasteiger partial charge in [-0.25, -0.2) is 4.98 Å². The molecule has 0 N–H and O–H groups in total. The Kier molecular flexibility index (Phi) is 6.45. The molecule has 35 heavy (non-hydrogen) atoms. The third-order valence-corrected chi connectivity index (χ3v) is 6.76. The molecule has 0 aliphatic carbocycles. The SMILES string of the molecule is CCOc1ccccc1N1CC(c2nc3ccccc3n2CCOc2cccc(C)c2C)CC1=O. The van der Waals surface area contributed by atoms with Crippen LogP contribution < -0.4 is 14.4 Å². The molecular weight excluding hydrogens is 438 g/mol. The van der Waals surface area contributed by atoms with Crippen LogP contribution in [-0.4, -0.2) is 35.2 Å². The summed E-state index contributed by atoms with van der Waals surface area (Å²) in [7, 11) is 0. The zero-order valence-corrected chi connectivity index (χ0v) is 20.5. The molecule has 1 unspecified atom stereocenters. The third kappa shape index (κ3) is 4.48. The molecule has 1 aliphatic heterocycles. The van der Waals surface area contributed by atoms with Gasteiger partial charge in [-0.3, -0.25) is 4.79 Å². The van der Waals surface area contributed by atoms with Crippen molar-refractivity contribution in [2.45, 2.75) is 39.7 Å². The van der Waals surface area contributed by atoms with Gasteiger partial charge in [-0.1, -0.05) is 36.4 Å². The number of hydrogen-bond acceptors (Lipinski definition) is 4. The number of amides is 1. The number of imidazole rings is 1. The van der Waals surface area contributed by atoms with Gasteiger partial charge in [0.1, 0.15) is 23.9 Å². The number of carbonyl (C=O) groups excluding carboxylic acids is 1. The minimum atomic E-state index is -0.00899. The quantitative estimate of drug-likeness (QED) is 0.335. The molecular formula is C29H31N3O3. The second kappa shape index (κ2) is 9.82. The summed E-state index contributed by atoms with van der Waals surface area (Å²) in [4.78, 5) is 19.9. The van der Waals surface area contributed by atoms with Gasteiger partial charge in [0.05, 0.1) is 29.9 Å². The number of hydrogen-bond donors (Lipinski definition) is 0. The highest BCUT2D eigenvalue weighted by Crippen LogP contribution is 2.37. The van der Waals surface area contributed by atoms with Crippen LogP contribution in [-0.2, 0) is 11.3 Å². The van der Waals surface area contributed by atoms with Gasteiger partial charge in [-0.15, -0.1) is 0 Å². The first-order valence-corrected chi connectivity index (χ1v) is 12.2. The summed E-state index contributed by atoms with van der Waals surface area (Å²) in [5.74, 6) is 2.66. The van der Waals surface area contributed by atoms with Crippen LogP contribution in [0.15, 0.2) is 66.7 Å². The lowest BCUT2D eigenvalue weighted by atomic mass is 10.1. The molecule has 3 aromatic carbocycles. The molecule has 2 heterocycles. The molecule has 1 saturated heterocycles. The van der Waals surface area contributed by atoms with Crippen molar-refractivity contribution in [2.24, 2.45) is 0 Å². The minimum Gasteiger partial charge on any atom is -0.492 e. The van der Waals surface area contributed by atoms with Gasteiger partial charge in [0.25, 0.3) is 0 Å². The highest BCUT2D eigenvalue weighted by atomic mass is 16.5. The molecule has 1 aliphatic rings. The van der Waals surface area contributed by atoms with Crippen molar-refractivity contribution in [3.8, 4) is 11.5 Å². The number of aryl methyl sites for hydroxylation is 1. The molecule has 0 saturated carbocycles. The summed E-state index contributed by atoms with van der Waals surface area (Å²) >= 11 is 0. The second-order valence-corrected chi connectivity index (χ2v) is 8.96. The lowest BCUT2D eigenvalue weighted by Gasteiger charge is -2.20. The Balaban J connectivity index is 1.41. The highest BCUT2D eigenvalue weighted by Gasteiger charge is 2.36. The summed E-state index contributed by atoms with van der Waals surface area (Å²) < 4.78 is 14.2. The number of fused-ring (bicyclic) bond motifs is 1. The molecule has 180 valence electrons. The number of nitrogens with zero attached hydrogens (tertiary/aromatic N) is 3. The maximum atomic E-state index is 13.1. The van der Waals surface area contributed by atoms with E-state index >= 15 is 0 Å². The van der Waals surface area contributed by atoms with E-state index in [2.05, 4.69) is 30.5 Å². The van der Waals surface area contributed by atoms with Crippen LogP contribution in [0, 0.1) is 13.8 Å². The molecule has 1 aromatic heterocycles. The van der Waals surface area contributed by atoms with Gasteiger partial charge >= 0.3 is 0 Å². The van der Waals surface area contributed by atoms with E-state index in [0.717, 1.165) is 39.6 Å². The second-order valence-electron chi connectivity index (χ2n) is 8.96. The first-order valence-electron chi connectivity index (χ1n) is 12.2. The van der Waals surface area contributed by atoms with E-state index in [1.165, 1.54) is 5.56 Å². The Morgan fingerprint density at radius 2 is 1.71 bits per heavy atom. The minimum absolute atomic E-state index is 0.00899. The van der Waals surface area contributed by atoms with E-state index in [1.807, 2.05) is 66.4 Å². The summed E-state index contributed by atoms with van der Waals surface area (Å²) in [6.45, 7) is 8.44. The Hall–Kier alpha value is -3.80. The predicted molar refractivity (Wildman–Crippen MR) is 138 cm³/mol. The van der Waals surface area contributed by atoms with Gasteiger partial charge in [0, 0.05) is 18.9 Å². The van der Waals surface area contributed by atoms with Crippen molar-refractivity contribution < 1.29 is 14.3 Å². The number of aromatic nitrogens is 2. The van der Waals surface area contributed by atoms with Crippen LogP contribution in [0.4, 0.5) is 5.69 Å². The van der Waals surface area contributed by atoms with E-state index in [-0.39, 0.29) is 11.8 Å². The van der Waals surface area contributed by atoms with Gasteiger partial charge in [0.2, 0.25) is 5.91 Å². The third-order valence-electron chi connectivity index (χ3n) is 6.76. The molecule has 1 fully saturated rings. The van der Waals surface area contributed by atoms with Crippen molar-refractivity contribution in [3.05, 3.63) is 83.7 Å². The summed E-state index contributed by atoms with van der Waals surface area (Å²) in [6.07, 6.45) is 0.418. The Morgan fingerprint density at radius 3 is 2.57 bits per heavy atom. The Labute approximate surface area is 206 Å². The largest absolute Gasteiger partial charge is 0.492 e. The van der Waals surface area contributed by atoms with E-state index in [9.17, 15) is 4.79 Å². The van der Waals surface area contributed by atoms with E-state index in [0.29, 0.717) is 32.7 Å². The average Bonchev–Trinajstić information content (AvgIpc) is 3.43. The lowest BCUT2D eigenvalue weighted by Crippen LogP contribution is -2.25. The maximum Gasteiger partial charge on any atom is 0.227 e. The topological polar surface area (TPSA) is 56.6 Å². The van der Waals surface area contributed by atoms with Gasteiger partial charge in [-0.05, 0) is 62.2 Å². The normalized spacial score (nSPS) is 15.7. The van der Waals surface area contributed by atoms with Crippen LogP contribution in [0.1, 0.15) is 36.2 Å². The van der Waals surface area contributed by atoms with Crippen molar-refractivity contribution in [1.82, 2.24) is 9.55 Å². The zero-order chi connectivity index (χ0) is 24.4. The Morgan fingerprint density at radius 1 is 0.943 bits per heavy atom. The molecule has 0 radical (unpaired) electrons. The number of ether oxygens (including phenoxy) is 2. The van der Waals surface area contributed by atoms with E-state index in [4.69, 9.17) is 14.5 Å². The monoisotopic (exact) mass is 469 g/mol. The van der Waals surface area contributed by atoms with E-state index < -0.39 is 0 Å². The highest BCUT2D eigenvalue weighted by molar-refractivity contribution is 5.97. The molecule has 6 nitrogen and oxygen atoms in total. The predicted octanol–water partition coefficient (Wildman–Crippen LogP) is 5.65. The van der Waals surface area contributed by atoms with Crippen LogP contribution in [0.2, 0.25) is 0 Å². The lowest BCUT2D eigenvalue weighted by molar-refractivity contribution is -0.117. The van der Waals surface area contributed by atoms with Crippen LogP contribution in [0.25, 0.3) is 11.0 Å². The molecule has 4 aromatic rings. The van der Waals surface area contributed by atoms with Gasteiger partial charge in [0.15, 0.2) is 0 Å². The summed E-state index contributed by atoms with van der Waals surface area (Å²) in [5.41, 5.74) is 5.20. The molecule has 1 amide bonds. The van der Waals surface area contributed by atoms with Crippen molar-refractivity contribution in [1.29, 1.82) is 0 Å². The molecule has 1 atom stereocenters. The fraction of sp³-hybridized carbons (Fsp3) is 0.310. The zero-order valence-electron chi connectivity index (χ0n) is 20.5. The number of carbonyl (C=O) groups is 1. The molecule has 6 heteroatoms. The van der Waals surface area contributed by atoms with E-state index in [1.54, 1.807) is 0 Å². The van der Waals surface area contributed by atoms with Crippen LogP contribution >= 0.6 is 0 Å². The Bertz CT molecular complexity index is 1360. The average molecular weight is 470 g/mol. The van der Waals surface area contributed by atoms with Crippen molar-refractivity contribution >= 4 is 22.6 Å². The molecule has 5 rings (SSSR count). The number of rotatable bonds is 8. The van der Waals surface area contributed by atoms with Crippen molar-refractivity contribution in [3.63, 3.8) is 0 Å². The van der Waals surface area contributed by atoms with Crippen LogP contribution in [0.5, 0.6) is 11.5 Å². The molecule has 0 spiro atoms. The van der Waals surface area contributed by atoms with Crippen molar-refractivity contribution in [2.75, 3.05) is 24.7 Å². The maximum absolute atomic E-state index is 13.1. The first-order chi connectivity index (χ1) is 17.1. The van der Waals surface area contributed by atoms with Gasteiger partial charge < -0.3 is 18.9 Å². The molecule has 0 bridgehead atoms. The fourth-order valence-electron chi connectivity index (χ4n) is 4.84. The van der Waals surface area contributed by atoms with Gasteiger partial charge in [-0.2, -0.15) is 0 Å². The van der Waals surface area contributed by atoms with Crippen LogP contribution in [0.3, 0.4) is 0 Å². The number of benzene rings is 3.